The van der Waals surface area contributed by atoms with Crippen LogP contribution in [0.1, 0.15) is 24.5 Å². The number of carbonyl (C=O) groups is 1. The molecular weight excluding hydrogens is 578 g/mol. The summed E-state index contributed by atoms with van der Waals surface area (Å²) in [6, 6.07) is 18.7. The van der Waals surface area contributed by atoms with Gasteiger partial charge in [-0.25, -0.2) is 9.97 Å². The quantitative estimate of drug-likeness (QED) is 0.123. The molecular formula is C30H32ClN5O3S2. The lowest BCUT2D eigenvalue weighted by atomic mass is 10.1. The molecule has 0 radical (unpaired) electrons. The predicted octanol–water partition coefficient (Wildman–Crippen LogP) is 7.79. The number of allylic oxidation sites excluding steroid dienone is 2. The number of carbonyl (C=O) groups excluding carboxylic acids is 1. The number of aryl methyl sites for hydroxylation is 1. The van der Waals surface area contributed by atoms with E-state index < -0.39 is 0 Å². The van der Waals surface area contributed by atoms with Crippen molar-refractivity contribution in [2.24, 2.45) is 5.73 Å². The molecule has 41 heavy (non-hydrogen) atoms. The molecule has 1 amide bonds. The standard InChI is InChI=1S/C24H26N4O3S2.C6H6ClN/c1-5-22(27-18-9-10-20(30-3)21(12-18)31-4)33-23(15(2)25)24-28-19(13-32-24)16-7-6-8-17(11-16)26-14-29;1-5-3-2-4-6(7)8-5/h5-14,27H,25H2,1-4H3,(H,26,29);2-4H,1H3/b22-5+,23-15+;. The summed E-state index contributed by atoms with van der Waals surface area (Å²) in [7, 11) is 3.22. The Morgan fingerprint density at radius 2 is 1.78 bits per heavy atom. The van der Waals surface area contributed by atoms with Crippen molar-refractivity contribution in [2.45, 2.75) is 20.8 Å². The lowest BCUT2D eigenvalue weighted by Crippen LogP contribution is -2.01. The third-order valence-corrected chi connectivity index (χ3v) is 7.90. The largest absolute Gasteiger partial charge is 0.493 e. The molecule has 0 unspecified atom stereocenters. The number of pyridine rings is 1. The van der Waals surface area contributed by atoms with Crippen molar-refractivity contribution < 1.29 is 14.3 Å². The first-order valence-corrected chi connectivity index (χ1v) is 14.5. The van der Waals surface area contributed by atoms with E-state index in [1.54, 1.807) is 20.3 Å². The highest BCUT2D eigenvalue weighted by molar-refractivity contribution is 8.12. The first-order valence-electron chi connectivity index (χ1n) is 12.4. The van der Waals surface area contributed by atoms with E-state index in [0.717, 1.165) is 37.6 Å². The fourth-order valence-electron chi connectivity index (χ4n) is 3.47. The fraction of sp³-hybridized carbons (Fsp3) is 0.167. The van der Waals surface area contributed by atoms with Crippen molar-refractivity contribution in [3.8, 4) is 22.8 Å². The number of aromatic nitrogens is 2. The van der Waals surface area contributed by atoms with Crippen LogP contribution in [-0.2, 0) is 4.79 Å². The minimum atomic E-state index is 0.560. The van der Waals surface area contributed by atoms with Gasteiger partial charge in [0.05, 0.1) is 29.8 Å². The molecule has 0 aliphatic heterocycles. The highest BCUT2D eigenvalue weighted by Gasteiger charge is 2.15. The third-order valence-electron chi connectivity index (χ3n) is 5.42. The third kappa shape index (κ3) is 9.28. The number of rotatable bonds is 10. The predicted molar refractivity (Wildman–Crippen MR) is 173 cm³/mol. The number of anilines is 2. The number of halogens is 1. The number of nitrogens with two attached hydrogens (primary N) is 1. The van der Waals surface area contributed by atoms with Crippen LogP contribution in [0.15, 0.2) is 82.8 Å². The molecule has 4 N–H and O–H groups in total. The van der Waals surface area contributed by atoms with Crippen molar-refractivity contribution in [1.29, 1.82) is 0 Å². The van der Waals surface area contributed by atoms with Crippen LogP contribution in [0, 0.1) is 6.92 Å². The normalized spacial score (nSPS) is 11.5. The second-order valence-corrected chi connectivity index (χ2v) is 10.7. The summed E-state index contributed by atoms with van der Waals surface area (Å²) >= 11 is 8.56. The van der Waals surface area contributed by atoms with Crippen LogP contribution >= 0.6 is 34.7 Å². The molecule has 0 spiro atoms. The molecule has 214 valence electrons. The number of hydrogen-bond donors (Lipinski definition) is 3. The number of thioether (sulfide) groups is 1. The number of hydrogen-bond acceptors (Lipinski definition) is 9. The molecule has 8 nitrogen and oxygen atoms in total. The minimum Gasteiger partial charge on any atom is -0.493 e. The van der Waals surface area contributed by atoms with Crippen molar-refractivity contribution in [1.82, 2.24) is 9.97 Å². The summed E-state index contributed by atoms with van der Waals surface area (Å²) in [4.78, 5) is 20.4. The van der Waals surface area contributed by atoms with E-state index in [-0.39, 0.29) is 0 Å². The summed E-state index contributed by atoms with van der Waals surface area (Å²) < 4.78 is 10.7. The summed E-state index contributed by atoms with van der Waals surface area (Å²) in [5, 5.41) is 10.3. The Bertz CT molecular complexity index is 1520. The van der Waals surface area contributed by atoms with Gasteiger partial charge in [0.2, 0.25) is 6.41 Å². The maximum atomic E-state index is 10.7. The summed E-state index contributed by atoms with van der Waals surface area (Å²) in [6.45, 7) is 5.73. The second-order valence-electron chi connectivity index (χ2n) is 8.44. The maximum Gasteiger partial charge on any atom is 0.211 e. The van der Waals surface area contributed by atoms with E-state index in [2.05, 4.69) is 15.6 Å². The Morgan fingerprint density at radius 3 is 2.39 bits per heavy atom. The lowest BCUT2D eigenvalue weighted by molar-refractivity contribution is -0.105. The Hall–Kier alpha value is -3.99. The van der Waals surface area contributed by atoms with Gasteiger partial charge in [-0.15, -0.1) is 11.3 Å². The summed E-state index contributed by atoms with van der Waals surface area (Å²) in [6.07, 6.45) is 2.64. The van der Waals surface area contributed by atoms with Crippen LogP contribution in [-0.4, -0.2) is 30.6 Å². The Kier molecular flexibility index (Phi) is 12.1. The topological polar surface area (TPSA) is 111 Å². The first kappa shape index (κ1) is 31.5. The SMILES string of the molecule is C/C=C(\Nc1ccc(OC)c(OC)c1)S/C(=C(\C)N)c1nc(-c2cccc(NC=O)c2)cs1.Cc1cccc(Cl)n1. The van der Waals surface area contributed by atoms with Gasteiger partial charge in [0, 0.05) is 39.8 Å². The number of benzene rings is 2. The molecule has 2 aromatic heterocycles. The van der Waals surface area contributed by atoms with Crippen LogP contribution < -0.4 is 25.8 Å². The van der Waals surface area contributed by atoms with E-state index in [1.165, 1.54) is 23.1 Å². The molecule has 4 rings (SSSR count). The number of nitrogens with zero attached hydrogens (tertiary/aromatic N) is 2. The zero-order chi connectivity index (χ0) is 29.8. The molecule has 0 saturated heterocycles. The Labute approximate surface area is 253 Å². The van der Waals surface area contributed by atoms with Crippen molar-refractivity contribution >= 4 is 57.4 Å². The van der Waals surface area contributed by atoms with Gasteiger partial charge in [-0.1, -0.05) is 47.6 Å². The second kappa shape index (κ2) is 15.7. The van der Waals surface area contributed by atoms with Crippen molar-refractivity contribution in [3.63, 3.8) is 0 Å². The fourth-order valence-corrected chi connectivity index (χ4v) is 5.58. The number of ether oxygens (including phenoxy) is 2. The Morgan fingerprint density at radius 1 is 1.02 bits per heavy atom. The molecule has 0 aliphatic carbocycles. The molecule has 2 heterocycles. The summed E-state index contributed by atoms with van der Waals surface area (Å²) in [5.41, 5.74) is 11.2. The van der Waals surface area contributed by atoms with E-state index in [1.807, 2.05) is 86.8 Å². The highest BCUT2D eigenvalue weighted by atomic mass is 35.5. The average Bonchev–Trinajstić information content (AvgIpc) is 3.45. The number of amides is 1. The van der Waals surface area contributed by atoms with Crippen LogP contribution in [0.2, 0.25) is 5.15 Å². The minimum absolute atomic E-state index is 0.560. The smallest absolute Gasteiger partial charge is 0.211 e. The van der Waals surface area contributed by atoms with Crippen LogP contribution in [0.25, 0.3) is 16.2 Å². The lowest BCUT2D eigenvalue weighted by Gasteiger charge is -2.14. The van der Waals surface area contributed by atoms with Crippen molar-refractivity contribution in [3.05, 3.63) is 98.7 Å². The van der Waals surface area contributed by atoms with Gasteiger partial charge < -0.3 is 25.8 Å². The van der Waals surface area contributed by atoms with E-state index >= 15 is 0 Å². The van der Waals surface area contributed by atoms with Crippen LogP contribution in [0.3, 0.4) is 0 Å². The average molecular weight is 610 g/mol. The molecule has 0 bridgehead atoms. The molecule has 0 aliphatic rings. The van der Waals surface area contributed by atoms with Gasteiger partial charge in [-0.2, -0.15) is 0 Å². The summed E-state index contributed by atoms with van der Waals surface area (Å²) in [5.74, 6) is 1.31. The van der Waals surface area contributed by atoms with E-state index in [4.69, 9.17) is 31.8 Å². The van der Waals surface area contributed by atoms with Gasteiger partial charge in [0.15, 0.2) is 11.5 Å². The molecule has 0 fully saturated rings. The zero-order valence-electron chi connectivity index (χ0n) is 23.4. The maximum absolute atomic E-state index is 10.7. The molecule has 0 atom stereocenters. The van der Waals surface area contributed by atoms with E-state index in [9.17, 15) is 4.79 Å². The molecule has 11 heteroatoms. The van der Waals surface area contributed by atoms with Crippen LogP contribution in [0.4, 0.5) is 11.4 Å². The highest BCUT2D eigenvalue weighted by Crippen LogP contribution is 2.39. The Balaban J connectivity index is 0.000000496. The van der Waals surface area contributed by atoms with Crippen LogP contribution in [0.5, 0.6) is 11.5 Å². The zero-order valence-corrected chi connectivity index (χ0v) is 25.8. The number of methoxy groups -OCH3 is 2. The van der Waals surface area contributed by atoms with Gasteiger partial charge in [0.1, 0.15) is 10.2 Å². The van der Waals surface area contributed by atoms with Crippen molar-refractivity contribution in [2.75, 3.05) is 24.9 Å². The van der Waals surface area contributed by atoms with Gasteiger partial charge in [-0.05, 0) is 57.2 Å². The number of thiazole rings is 1. The first-order chi connectivity index (χ1) is 19.8. The van der Waals surface area contributed by atoms with Gasteiger partial charge in [0.25, 0.3) is 0 Å². The van der Waals surface area contributed by atoms with Gasteiger partial charge >= 0.3 is 0 Å². The number of nitrogens with one attached hydrogen (secondary N) is 2. The van der Waals surface area contributed by atoms with Gasteiger partial charge in [-0.3, -0.25) is 4.79 Å². The molecule has 0 saturated carbocycles. The molecule has 4 aromatic rings. The molecule has 2 aromatic carbocycles. The monoisotopic (exact) mass is 609 g/mol. The van der Waals surface area contributed by atoms with E-state index in [0.29, 0.717) is 34.4 Å².